The third-order valence-electron chi connectivity index (χ3n) is 5.91. The maximum atomic E-state index is 5.35. The molecule has 0 aliphatic heterocycles. The highest BCUT2D eigenvalue weighted by Crippen LogP contribution is 2.31. The molecule has 0 fully saturated rings. The molecule has 0 aliphatic carbocycles. The Morgan fingerprint density at radius 1 is 0.541 bits per heavy atom. The first-order valence-corrected chi connectivity index (χ1v) is 12.2. The largest absolute Gasteiger partial charge is 0.493 e. The molecule has 12 heteroatoms. The molecule has 0 aliphatic rings. The molecule has 2 aromatic heterocycles. The number of nitrogens with zero attached hydrogens (tertiary/aromatic N) is 8. The number of unbranched alkanes of at least 4 members (excludes halogenated alkanes) is 4. The van der Waals surface area contributed by atoms with Crippen molar-refractivity contribution in [3.63, 3.8) is 0 Å². The summed E-state index contributed by atoms with van der Waals surface area (Å²) in [7, 11) is 6.42. The van der Waals surface area contributed by atoms with E-state index in [-0.39, 0.29) is 0 Å². The zero-order valence-corrected chi connectivity index (χ0v) is 21.6. The summed E-state index contributed by atoms with van der Waals surface area (Å²) >= 11 is 0. The monoisotopic (exact) mass is 508 g/mol. The molecule has 12 nitrogen and oxygen atoms in total. The second-order valence-corrected chi connectivity index (χ2v) is 8.33. The number of aromatic nitrogens is 8. The summed E-state index contributed by atoms with van der Waals surface area (Å²) < 4.78 is 21.3. The van der Waals surface area contributed by atoms with E-state index in [4.69, 9.17) is 18.9 Å². The van der Waals surface area contributed by atoms with E-state index in [1.807, 2.05) is 36.4 Å². The van der Waals surface area contributed by atoms with Gasteiger partial charge in [-0.05, 0) is 59.7 Å². The lowest BCUT2D eigenvalue weighted by molar-refractivity contribution is 0.355. The molecule has 0 bridgehead atoms. The van der Waals surface area contributed by atoms with Crippen molar-refractivity contribution in [1.82, 2.24) is 40.4 Å². The maximum Gasteiger partial charge on any atom is 0.205 e. The number of benzene rings is 2. The van der Waals surface area contributed by atoms with Crippen LogP contribution in [0.4, 0.5) is 0 Å². The Kier molecular flexibility index (Phi) is 8.84. The van der Waals surface area contributed by atoms with E-state index >= 15 is 0 Å². The molecule has 0 atom stereocenters. The van der Waals surface area contributed by atoms with Gasteiger partial charge >= 0.3 is 0 Å². The average Bonchev–Trinajstić information content (AvgIpc) is 3.62. The van der Waals surface area contributed by atoms with Gasteiger partial charge in [-0.1, -0.05) is 19.3 Å². The Morgan fingerprint density at radius 2 is 0.946 bits per heavy atom. The molecule has 2 heterocycles. The first kappa shape index (κ1) is 25.9. The predicted octanol–water partition coefficient (Wildman–Crippen LogP) is 3.68. The molecular weight excluding hydrogens is 476 g/mol. The number of ether oxygens (including phenoxy) is 4. The van der Waals surface area contributed by atoms with Gasteiger partial charge in [-0.25, -0.2) is 0 Å². The molecule has 4 rings (SSSR count). The van der Waals surface area contributed by atoms with Crippen LogP contribution in [-0.4, -0.2) is 68.9 Å². The minimum atomic E-state index is 0.564. The van der Waals surface area contributed by atoms with Crippen molar-refractivity contribution >= 4 is 0 Å². The Bertz CT molecular complexity index is 1190. The van der Waals surface area contributed by atoms with Crippen molar-refractivity contribution in [2.75, 3.05) is 28.4 Å². The standard InChI is InChI=1S/C25H32N8O4/c1-34-20-12-10-18(16-22(20)36-3)24-26-30-32(28-24)14-8-6-5-7-9-15-33-29-25(27-31-33)19-11-13-21(35-2)23(17-19)37-4/h10-13,16-17H,5-9,14-15H2,1-4H3. The number of methoxy groups -OCH3 is 4. The van der Waals surface area contributed by atoms with Crippen molar-refractivity contribution in [3.05, 3.63) is 36.4 Å². The lowest BCUT2D eigenvalue weighted by Gasteiger charge is -2.07. The SMILES string of the molecule is COc1ccc(-c2nnn(CCCCCCCn3nnc(-c4ccc(OC)c(OC)c4)n3)n2)cc1OC. The number of rotatable bonds is 14. The fourth-order valence-electron chi connectivity index (χ4n) is 3.89. The van der Waals surface area contributed by atoms with Crippen LogP contribution in [0.2, 0.25) is 0 Å². The summed E-state index contributed by atoms with van der Waals surface area (Å²) in [6.45, 7) is 1.44. The van der Waals surface area contributed by atoms with E-state index in [0.717, 1.165) is 56.3 Å². The fourth-order valence-corrected chi connectivity index (χ4v) is 3.89. The maximum absolute atomic E-state index is 5.35. The van der Waals surface area contributed by atoms with Crippen molar-refractivity contribution in [2.24, 2.45) is 0 Å². The third kappa shape index (κ3) is 6.51. The Labute approximate surface area is 215 Å². The Hall–Kier alpha value is -4.22. The fraction of sp³-hybridized carbons (Fsp3) is 0.440. The van der Waals surface area contributed by atoms with E-state index in [1.54, 1.807) is 38.0 Å². The van der Waals surface area contributed by atoms with Gasteiger partial charge in [-0.3, -0.25) is 0 Å². The van der Waals surface area contributed by atoms with Gasteiger partial charge in [0.25, 0.3) is 0 Å². The first-order valence-electron chi connectivity index (χ1n) is 12.2. The Balaban J connectivity index is 1.17. The second kappa shape index (κ2) is 12.7. The highest BCUT2D eigenvalue weighted by atomic mass is 16.5. The van der Waals surface area contributed by atoms with E-state index in [9.17, 15) is 0 Å². The molecule has 4 aromatic rings. The summed E-state index contributed by atoms with van der Waals surface area (Å²) in [6, 6.07) is 11.1. The second-order valence-electron chi connectivity index (χ2n) is 8.33. The molecule has 0 unspecified atom stereocenters. The molecule has 196 valence electrons. The van der Waals surface area contributed by atoms with Crippen molar-refractivity contribution in [2.45, 2.75) is 45.2 Å². The minimum Gasteiger partial charge on any atom is -0.493 e. The Morgan fingerprint density at radius 3 is 1.35 bits per heavy atom. The van der Waals surface area contributed by atoms with Gasteiger partial charge in [0.15, 0.2) is 23.0 Å². The molecule has 0 radical (unpaired) electrons. The molecule has 0 N–H and O–H groups in total. The number of hydrogen-bond acceptors (Lipinski definition) is 10. The van der Waals surface area contributed by atoms with Gasteiger partial charge in [0.1, 0.15) is 0 Å². The average molecular weight is 509 g/mol. The normalized spacial score (nSPS) is 10.9. The van der Waals surface area contributed by atoms with Gasteiger partial charge in [0, 0.05) is 11.1 Å². The molecule has 0 spiro atoms. The van der Waals surface area contributed by atoms with E-state index < -0.39 is 0 Å². The number of hydrogen-bond donors (Lipinski definition) is 0. The molecule has 0 saturated carbocycles. The van der Waals surface area contributed by atoms with Crippen LogP contribution >= 0.6 is 0 Å². The zero-order chi connectivity index (χ0) is 26.0. The number of aryl methyl sites for hydroxylation is 2. The summed E-state index contributed by atoms with van der Waals surface area (Å²) in [6.07, 6.45) is 5.22. The molecular formula is C25H32N8O4. The molecule has 37 heavy (non-hydrogen) atoms. The van der Waals surface area contributed by atoms with Gasteiger partial charge in [0.2, 0.25) is 11.6 Å². The van der Waals surface area contributed by atoms with Crippen LogP contribution in [0, 0.1) is 0 Å². The lowest BCUT2D eigenvalue weighted by Crippen LogP contribution is -2.04. The van der Waals surface area contributed by atoms with Gasteiger partial charge in [-0.2, -0.15) is 9.59 Å². The topological polar surface area (TPSA) is 124 Å². The zero-order valence-electron chi connectivity index (χ0n) is 21.6. The van der Waals surface area contributed by atoms with E-state index in [0.29, 0.717) is 34.6 Å². The van der Waals surface area contributed by atoms with Gasteiger partial charge < -0.3 is 18.9 Å². The summed E-state index contributed by atoms with van der Waals surface area (Å²) in [5, 5.41) is 25.7. The van der Waals surface area contributed by atoms with Crippen molar-refractivity contribution in [3.8, 4) is 45.8 Å². The first-order chi connectivity index (χ1) is 18.1. The number of tetrazole rings is 2. The summed E-state index contributed by atoms with van der Waals surface area (Å²) in [5.74, 6) is 3.72. The van der Waals surface area contributed by atoms with Crippen molar-refractivity contribution in [1.29, 1.82) is 0 Å². The van der Waals surface area contributed by atoms with Crippen LogP contribution in [-0.2, 0) is 13.1 Å². The van der Waals surface area contributed by atoms with Crippen LogP contribution in [0.25, 0.3) is 22.8 Å². The smallest absolute Gasteiger partial charge is 0.205 e. The van der Waals surface area contributed by atoms with Gasteiger partial charge in [0.05, 0.1) is 41.5 Å². The molecule has 2 aromatic carbocycles. The predicted molar refractivity (Wildman–Crippen MR) is 136 cm³/mol. The van der Waals surface area contributed by atoms with Crippen LogP contribution < -0.4 is 18.9 Å². The van der Waals surface area contributed by atoms with Crippen LogP contribution in [0.1, 0.15) is 32.1 Å². The van der Waals surface area contributed by atoms with Crippen molar-refractivity contribution < 1.29 is 18.9 Å². The van der Waals surface area contributed by atoms with E-state index in [1.165, 1.54) is 0 Å². The quantitative estimate of drug-likeness (QED) is 0.233. The summed E-state index contributed by atoms with van der Waals surface area (Å²) in [4.78, 5) is 3.28. The molecule has 0 saturated heterocycles. The third-order valence-corrected chi connectivity index (χ3v) is 5.91. The van der Waals surface area contributed by atoms with Gasteiger partial charge in [-0.15, -0.1) is 20.4 Å². The highest BCUT2D eigenvalue weighted by Gasteiger charge is 2.12. The molecule has 0 amide bonds. The van der Waals surface area contributed by atoms with Crippen LogP contribution in [0.15, 0.2) is 36.4 Å². The minimum absolute atomic E-state index is 0.564. The summed E-state index contributed by atoms with van der Waals surface area (Å²) in [5.41, 5.74) is 1.67. The van der Waals surface area contributed by atoms with Crippen LogP contribution in [0.5, 0.6) is 23.0 Å². The highest BCUT2D eigenvalue weighted by molar-refractivity contribution is 5.61. The lowest BCUT2D eigenvalue weighted by atomic mass is 10.1. The van der Waals surface area contributed by atoms with Crippen LogP contribution in [0.3, 0.4) is 0 Å². The van der Waals surface area contributed by atoms with E-state index in [2.05, 4.69) is 30.8 Å².